The van der Waals surface area contributed by atoms with Crippen LogP contribution in [0.25, 0.3) is 0 Å². The highest BCUT2D eigenvalue weighted by atomic mass is 15.1. The first kappa shape index (κ1) is 24.8. The Morgan fingerprint density at radius 3 is 2.04 bits per heavy atom. The molecule has 1 saturated carbocycles. The number of hydrogen-bond acceptors (Lipinski definition) is 4. The van der Waals surface area contributed by atoms with Crippen molar-refractivity contribution in [3.63, 3.8) is 0 Å². The molecule has 1 saturated heterocycles. The van der Waals surface area contributed by atoms with Crippen molar-refractivity contribution in [2.24, 2.45) is 5.73 Å². The fraction of sp³-hybridized carbons (Fsp3) is 1.00. The quantitative estimate of drug-likeness (QED) is 0.608. The molecule has 1 heterocycles. The summed E-state index contributed by atoms with van der Waals surface area (Å²) in [7, 11) is 0. The van der Waals surface area contributed by atoms with Crippen LogP contribution >= 0.6 is 0 Å². The van der Waals surface area contributed by atoms with Gasteiger partial charge < -0.3 is 21.3 Å². The van der Waals surface area contributed by atoms with Crippen LogP contribution in [0.5, 0.6) is 0 Å². The molecule has 0 spiro atoms. The van der Waals surface area contributed by atoms with Gasteiger partial charge in [0, 0.05) is 24.2 Å². The standard InChI is InChI=1S/C11H24N2.C9H20N2.CH4/c1-11(2)12-7-6-10-13-8-4-3-5-9-13;1-7(2)11-9-5-3-8(10)4-6-9;/h11-12H,3-10H2,1-2H3;7-9,11H,3-6,10H2,1-2H3;1H4. The van der Waals surface area contributed by atoms with Crippen molar-refractivity contribution in [1.82, 2.24) is 15.5 Å². The lowest BCUT2D eigenvalue weighted by Gasteiger charge is -2.28. The summed E-state index contributed by atoms with van der Waals surface area (Å²) in [4.78, 5) is 2.60. The zero-order valence-electron chi connectivity index (χ0n) is 16.8. The summed E-state index contributed by atoms with van der Waals surface area (Å²) in [5.74, 6) is 0. The van der Waals surface area contributed by atoms with Gasteiger partial charge in [-0.3, -0.25) is 0 Å². The average molecular weight is 357 g/mol. The van der Waals surface area contributed by atoms with E-state index in [9.17, 15) is 0 Å². The van der Waals surface area contributed by atoms with E-state index in [-0.39, 0.29) is 7.43 Å². The molecule has 0 bridgehead atoms. The number of nitrogens with zero attached hydrogens (tertiary/aromatic N) is 1. The van der Waals surface area contributed by atoms with E-state index < -0.39 is 0 Å². The summed E-state index contributed by atoms with van der Waals surface area (Å²) >= 11 is 0. The Morgan fingerprint density at radius 2 is 1.52 bits per heavy atom. The van der Waals surface area contributed by atoms with Gasteiger partial charge in [-0.05, 0) is 71.1 Å². The van der Waals surface area contributed by atoms with Gasteiger partial charge in [0.05, 0.1) is 0 Å². The third-order valence-corrected chi connectivity index (χ3v) is 4.99. The molecule has 0 aromatic heterocycles. The second-order valence-corrected chi connectivity index (χ2v) is 8.30. The molecule has 25 heavy (non-hydrogen) atoms. The maximum absolute atomic E-state index is 5.80. The zero-order chi connectivity index (χ0) is 17.8. The van der Waals surface area contributed by atoms with E-state index in [4.69, 9.17) is 5.73 Å². The topological polar surface area (TPSA) is 53.3 Å². The molecule has 0 radical (unpaired) electrons. The van der Waals surface area contributed by atoms with Crippen LogP contribution in [0.2, 0.25) is 0 Å². The van der Waals surface area contributed by atoms with Gasteiger partial charge in [-0.25, -0.2) is 0 Å². The molecule has 0 atom stereocenters. The average Bonchev–Trinajstić information content (AvgIpc) is 2.55. The highest BCUT2D eigenvalue weighted by Crippen LogP contribution is 2.17. The molecule has 0 amide bonds. The van der Waals surface area contributed by atoms with Crippen LogP contribution in [-0.4, -0.2) is 55.2 Å². The minimum absolute atomic E-state index is 0. The second kappa shape index (κ2) is 15.0. The van der Waals surface area contributed by atoms with Crippen molar-refractivity contribution in [1.29, 1.82) is 0 Å². The minimum atomic E-state index is 0. The number of rotatable bonds is 7. The van der Waals surface area contributed by atoms with Crippen LogP contribution in [-0.2, 0) is 0 Å². The van der Waals surface area contributed by atoms with Gasteiger partial charge in [-0.2, -0.15) is 0 Å². The van der Waals surface area contributed by atoms with E-state index in [1.54, 1.807) is 0 Å². The summed E-state index contributed by atoms with van der Waals surface area (Å²) < 4.78 is 0. The van der Waals surface area contributed by atoms with Crippen molar-refractivity contribution in [2.45, 2.75) is 111 Å². The molecule has 2 aliphatic rings. The van der Waals surface area contributed by atoms with Crippen LogP contribution in [0.3, 0.4) is 0 Å². The fourth-order valence-corrected chi connectivity index (χ4v) is 3.63. The summed E-state index contributed by atoms with van der Waals surface area (Å²) in [6.07, 6.45) is 10.5. The molecule has 0 aromatic carbocycles. The van der Waals surface area contributed by atoms with E-state index in [0.717, 1.165) is 6.04 Å². The molecular weight excluding hydrogens is 308 g/mol. The van der Waals surface area contributed by atoms with Crippen molar-refractivity contribution in [2.75, 3.05) is 26.2 Å². The molecule has 2 fully saturated rings. The summed E-state index contributed by atoms with van der Waals surface area (Å²) in [6, 6.07) is 2.46. The first-order valence-corrected chi connectivity index (χ1v) is 10.4. The van der Waals surface area contributed by atoms with Gasteiger partial charge in [0.15, 0.2) is 0 Å². The third-order valence-electron chi connectivity index (χ3n) is 4.99. The predicted molar refractivity (Wildman–Crippen MR) is 113 cm³/mol. The molecule has 0 aromatic rings. The van der Waals surface area contributed by atoms with Crippen molar-refractivity contribution in [3.8, 4) is 0 Å². The number of piperidine rings is 1. The Bertz CT molecular complexity index is 280. The summed E-state index contributed by atoms with van der Waals surface area (Å²) in [5.41, 5.74) is 5.80. The van der Waals surface area contributed by atoms with Gasteiger partial charge in [-0.1, -0.05) is 41.5 Å². The van der Waals surface area contributed by atoms with Gasteiger partial charge in [0.1, 0.15) is 0 Å². The smallest absolute Gasteiger partial charge is 0.00705 e. The largest absolute Gasteiger partial charge is 0.328 e. The molecule has 1 aliphatic heterocycles. The third kappa shape index (κ3) is 13.7. The number of likely N-dealkylation sites (tertiary alicyclic amines) is 1. The molecule has 0 unspecified atom stereocenters. The van der Waals surface area contributed by atoms with Gasteiger partial charge in [0.25, 0.3) is 0 Å². The van der Waals surface area contributed by atoms with Crippen LogP contribution in [0.15, 0.2) is 0 Å². The molecule has 4 heteroatoms. The Balaban J connectivity index is 0.000000449. The number of hydrogen-bond donors (Lipinski definition) is 3. The normalized spacial score (nSPS) is 24.6. The van der Waals surface area contributed by atoms with Crippen LogP contribution in [0, 0.1) is 0 Å². The monoisotopic (exact) mass is 356 g/mol. The lowest BCUT2D eigenvalue weighted by atomic mass is 9.91. The lowest BCUT2D eigenvalue weighted by Crippen LogP contribution is -2.40. The van der Waals surface area contributed by atoms with E-state index >= 15 is 0 Å². The Morgan fingerprint density at radius 1 is 0.920 bits per heavy atom. The fourth-order valence-electron chi connectivity index (χ4n) is 3.63. The molecule has 4 nitrogen and oxygen atoms in total. The summed E-state index contributed by atoms with van der Waals surface area (Å²) in [5, 5.41) is 7.01. The molecule has 2 rings (SSSR count). The highest BCUT2D eigenvalue weighted by molar-refractivity contribution is 4.79. The van der Waals surface area contributed by atoms with Gasteiger partial charge in [-0.15, -0.1) is 0 Å². The van der Waals surface area contributed by atoms with Crippen LogP contribution < -0.4 is 16.4 Å². The van der Waals surface area contributed by atoms with Crippen molar-refractivity contribution >= 4 is 0 Å². The maximum Gasteiger partial charge on any atom is 0.00705 e. The highest BCUT2D eigenvalue weighted by Gasteiger charge is 2.18. The van der Waals surface area contributed by atoms with Crippen LogP contribution in [0.1, 0.15) is 86.5 Å². The van der Waals surface area contributed by atoms with Crippen molar-refractivity contribution in [3.05, 3.63) is 0 Å². The molecular formula is C21H48N4. The maximum atomic E-state index is 5.80. The van der Waals surface area contributed by atoms with Crippen molar-refractivity contribution < 1.29 is 0 Å². The Hall–Kier alpha value is -0.160. The van der Waals surface area contributed by atoms with E-state index in [1.807, 2.05) is 0 Å². The second-order valence-electron chi connectivity index (χ2n) is 8.30. The number of nitrogens with two attached hydrogens (primary N) is 1. The molecule has 4 N–H and O–H groups in total. The lowest BCUT2D eigenvalue weighted by molar-refractivity contribution is 0.225. The predicted octanol–water partition coefficient (Wildman–Crippen LogP) is 3.75. The Labute approximate surface area is 158 Å². The molecule has 152 valence electrons. The van der Waals surface area contributed by atoms with Crippen LogP contribution in [0.4, 0.5) is 0 Å². The Kier molecular flexibility index (Phi) is 14.9. The van der Waals surface area contributed by atoms with E-state index in [1.165, 1.54) is 77.5 Å². The van der Waals surface area contributed by atoms with Gasteiger partial charge >= 0.3 is 0 Å². The van der Waals surface area contributed by atoms with Gasteiger partial charge in [0.2, 0.25) is 0 Å². The number of nitrogens with one attached hydrogen (secondary N) is 2. The SMILES string of the molecule is C.CC(C)NC1CCC(N)CC1.CC(C)NCCCN1CCCCC1. The summed E-state index contributed by atoms with van der Waals surface area (Å²) in [6.45, 7) is 14.0. The first-order valence-electron chi connectivity index (χ1n) is 10.4. The minimum Gasteiger partial charge on any atom is -0.328 e. The van der Waals surface area contributed by atoms with E-state index in [0.29, 0.717) is 18.1 Å². The molecule has 1 aliphatic carbocycles. The zero-order valence-corrected chi connectivity index (χ0v) is 16.8. The first-order chi connectivity index (χ1) is 11.5. The van der Waals surface area contributed by atoms with E-state index in [2.05, 4.69) is 43.2 Å².